The summed E-state index contributed by atoms with van der Waals surface area (Å²) >= 11 is 0. The Hall–Kier alpha value is -0.860. The lowest BCUT2D eigenvalue weighted by molar-refractivity contribution is 0.251. The van der Waals surface area contributed by atoms with Crippen molar-refractivity contribution in [2.75, 3.05) is 32.7 Å². The van der Waals surface area contributed by atoms with Crippen molar-refractivity contribution in [2.24, 2.45) is 5.92 Å². The van der Waals surface area contributed by atoms with Crippen molar-refractivity contribution in [1.82, 2.24) is 10.2 Å². The van der Waals surface area contributed by atoms with E-state index in [1.165, 1.54) is 55.7 Å². The van der Waals surface area contributed by atoms with Gasteiger partial charge < -0.3 is 10.2 Å². The summed E-state index contributed by atoms with van der Waals surface area (Å²) in [4.78, 5) is 2.62. The summed E-state index contributed by atoms with van der Waals surface area (Å²) in [7, 11) is 0. The molecule has 1 atom stereocenters. The van der Waals surface area contributed by atoms with Gasteiger partial charge in [0.15, 0.2) is 0 Å². The highest BCUT2D eigenvalue weighted by Gasteiger charge is 2.12. The van der Waals surface area contributed by atoms with Crippen molar-refractivity contribution in [3.63, 3.8) is 0 Å². The van der Waals surface area contributed by atoms with Gasteiger partial charge in [-0.2, -0.15) is 0 Å². The second-order valence-corrected chi connectivity index (χ2v) is 6.13. The van der Waals surface area contributed by atoms with Gasteiger partial charge in [-0.05, 0) is 62.4 Å². The van der Waals surface area contributed by atoms with E-state index < -0.39 is 0 Å². The summed E-state index contributed by atoms with van der Waals surface area (Å²) in [6.07, 6.45) is 2.49. The molecule has 0 aliphatic carbocycles. The van der Waals surface area contributed by atoms with Crippen LogP contribution in [-0.2, 0) is 6.42 Å². The molecule has 1 aromatic rings. The molecule has 1 unspecified atom stereocenters. The third-order valence-electron chi connectivity index (χ3n) is 4.16. The second kappa shape index (κ2) is 7.06. The van der Waals surface area contributed by atoms with Crippen LogP contribution in [0.3, 0.4) is 0 Å². The lowest BCUT2D eigenvalue weighted by Gasteiger charge is -2.23. The predicted octanol–water partition coefficient (Wildman–Crippen LogP) is 2.78. The van der Waals surface area contributed by atoms with Gasteiger partial charge in [0.25, 0.3) is 0 Å². The summed E-state index contributed by atoms with van der Waals surface area (Å²) in [5, 5.41) is 3.47. The number of rotatable bonds is 4. The smallest absolute Gasteiger partial charge is 0.0107 e. The third-order valence-corrected chi connectivity index (χ3v) is 4.16. The van der Waals surface area contributed by atoms with Gasteiger partial charge in [0.05, 0.1) is 0 Å². The Morgan fingerprint density at radius 1 is 1.16 bits per heavy atom. The first kappa shape index (κ1) is 14.5. The maximum absolute atomic E-state index is 3.47. The second-order valence-electron chi connectivity index (χ2n) is 6.13. The number of nitrogens with zero attached hydrogens (tertiary/aromatic N) is 1. The summed E-state index contributed by atoms with van der Waals surface area (Å²) in [5.41, 5.74) is 4.31. The number of hydrogen-bond donors (Lipinski definition) is 1. The van der Waals surface area contributed by atoms with Crippen LogP contribution in [0.5, 0.6) is 0 Å². The van der Waals surface area contributed by atoms with E-state index in [0.717, 1.165) is 12.5 Å². The molecule has 1 aliphatic heterocycles. The average molecular weight is 260 g/mol. The van der Waals surface area contributed by atoms with Crippen molar-refractivity contribution in [3.05, 3.63) is 34.9 Å². The molecule has 0 bridgehead atoms. The molecule has 1 fully saturated rings. The Morgan fingerprint density at radius 3 is 2.79 bits per heavy atom. The molecule has 1 saturated heterocycles. The lowest BCUT2D eigenvalue weighted by atomic mass is 9.97. The molecule has 19 heavy (non-hydrogen) atoms. The molecular formula is C17H28N2. The van der Waals surface area contributed by atoms with E-state index in [1.807, 2.05) is 0 Å². The molecule has 106 valence electrons. The maximum Gasteiger partial charge on any atom is 0.0107 e. The molecule has 0 radical (unpaired) electrons. The van der Waals surface area contributed by atoms with E-state index in [-0.39, 0.29) is 0 Å². The molecule has 1 aliphatic rings. The monoisotopic (exact) mass is 260 g/mol. The molecule has 2 rings (SSSR count). The van der Waals surface area contributed by atoms with Crippen molar-refractivity contribution in [2.45, 2.75) is 33.6 Å². The van der Waals surface area contributed by atoms with Gasteiger partial charge in [-0.1, -0.05) is 25.1 Å². The number of hydrogen-bond acceptors (Lipinski definition) is 2. The Bertz CT molecular complexity index is 392. The summed E-state index contributed by atoms with van der Waals surface area (Å²) < 4.78 is 0. The quantitative estimate of drug-likeness (QED) is 0.895. The summed E-state index contributed by atoms with van der Waals surface area (Å²) in [5.74, 6) is 0.736. The summed E-state index contributed by atoms with van der Waals surface area (Å²) in [6, 6.07) is 6.91. The minimum absolute atomic E-state index is 0.736. The number of benzene rings is 1. The van der Waals surface area contributed by atoms with E-state index in [0.29, 0.717) is 0 Å². The first-order valence-electron chi connectivity index (χ1n) is 7.64. The minimum atomic E-state index is 0.736. The highest BCUT2D eigenvalue weighted by Crippen LogP contribution is 2.15. The fraction of sp³-hybridized carbons (Fsp3) is 0.647. The predicted molar refractivity (Wildman–Crippen MR) is 82.7 cm³/mol. The number of nitrogens with one attached hydrogen (secondary N) is 1. The molecule has 0 spiro atoms. The number of aryl methyl sites for hydroxylation is 2. The van der Waals surface area contributed by atoms with Gasteiger partial charge in [0.2, 0.25) is 0 Å². The van der Waals surface area contributed by atoms with Gasteiger partial charge in [0.1, 0.15) is 0 Å². The van der Waals surface area contributed by atoms with Crippen LogP contribution in [0.25, 0.3) is 0 Å². The van der Waals surface area contributed by atoms with Gasteiger partial charge >= 0.3 is 0 Å². The van der Waals surface area contributed by atoms with E-state index in [4.69, 9.17) is 0 Å². The van der Waals surface area contributed by atoms with Crippen LogP contribution in [-0.4, -0.2) is 37.6 Å². The zero-order valence-corrected chi connectivity index (χ0v) is 12.7. The van der Waals surface area contributed by atoms with Crippen LogP contribution < -0.4 is 5.32 Å². The topological polar surface area (TPSA) is 15.3 Å². The average Bonchev–Trinajstić information content (AvgIpc) is 2.62. The van der Waals surface area contributed by atoms with Crippen molar-refractivity contribution in [1.29, 1.82) is 0 Å². The maximum atomic E-state index is 3.47. The molecule has 0 amide bonds. The molecule has 1 N–H and O–H groups in total. The molecule has 0 aromatic heterocycles. The normalized spacial score (nSPS) is 19.1. The Kier molecular flexibility index (Phi) is 5.41. The van der Waals surface area contributed by atoms with Crippen LogP contribution in [0.1, 0.15) is 30.0 Å². The largest absolute Gasteiger partial charge is 0.315 e. The fourth-order valence-corrected chi connectivity index (χ4v) is 2.92. The zero-order chi connectivity index (χ0) is 13.7. The van der Waals surface area contributed by atoms with E-state index in [2.05, 4.69) is 49.2 Å². The lowest BCUT2D eigenvalue weighted by Crippen LogP contribution is -2.32. The Morgan fingerprint density at radius 2 is 2.00 bits per heavy atom. The first-order valence-corrected chi connectivity index (χ1v) is 7.64. The minimum Gasteiger partial charge on any atom is -0.315 e. The first-order chi connectivity index (χ1) is 9.15. The molecule has 1 aromatic carbocycles. The molecule has 0 saturated carbocycles. The van der Waals surface area contributed by atoms with E-state index >= 15 is 0 Å². The molecule has 2 nitrogen and oxygen atoms in total. The van der Waals surface area contributed by atoms with Gasteiger partial charge in [-0.25, -0.2) is 0 Å². The third kappa shape index (κ3) is 4.63. The van der Waals surface area contributed by atoms with E-state index in [1.54, 1.807) is 0 Å². The van der Waals surface area contributed by atoms with Crippen LogP contribution in [0, 0.1) is 19.8 Å². The van der Waals surface area contributed by atoms with Crippen molar-refractivity contribution >= 4 is 0 Å². The Balaban J connectivity index is 1.85. The zero-order valence-electron chi connectivity index (χ0n) is 12.7. The molecule has 2 heteroatoms. The van der Waals surface area contributed by atoms with Crippen LogP contribution in [0.15, 0.2) is 18.2 Å². The van der Waals surface area contributed by atoms with Crippen LogP contribution >= 0.6 is 0 Å². The highest BCUT2D eigenvalue weighted by molar-refractivity contribution is 5.30. The Labute approximate surface area is 118 Å². The van der Waals surface area contributed by atoms with Crippen molar-refractivity contribution < 1.29 is 0 Å². The fourth-order valence-electron chi connectivity index (χ4n) is 2.92. The van der Waals surface area contributed by atoms with E-state index in [9.17, 15) is 0 Å². The van der Waals surface area contributed by atoms with Crippen molar-refractivity contribution in [3.8, 4) is 0 Å². The highest BCUT2D eigenvalue weighted by atomic mass is 15.1. The van der Waals surface area contributed by atoms with Gasteiger partial charge in [-0.3, -0.25) is 0 Å². The van der Waals surface area contributed by atoms with Crippen LogP contribution in [0.2, 0.25) is 0 Å². The van der Waals surface area contributed by atoms with Gasteiger partial charge in [-0.15, -0.1) is 0 Å². The molecule has 1 heterocycles. The van der Waals surface area contributed by atoms with Gasteiger partial charge in [0, 0.05) is 19.6 Å². The van der Waals surface area contributed by atoms with Crippen LogP contribution in [0.4, 0.5) is 0 Å². The SMILES string of the molecule is Cc1ccc(CC(C)CN2CCCNCC2)cc1C. The summed E-state index contributed by atoms with van der Waals surface area (Å²) in [6.45, 7) is 12.8. The molecular weight excluding hydrogens is 232 g/mol. The standard InChI is InChI=1S/C17H28N2/c1-14(13-19-9-4-7-18-8-10-19)11-17-6-5-15(2)16(3)12-17/h5-6,12,14,18H,4,7-11,13H2,1-3H3.